The Bertz CT molecular complexity index is 538. The lowest BCUT2D eigenvalue weighted by Gasteiger charge is -2.06. The number of anilines is 1. The number of pyridine rings is 1. The van der Waals surface area contributed by atoms with Crippen LogP contribution in [0.1, 0.15) is 5.56 Å². The van der Waals surface area contributed by atoms with E-state index in [0.29, 0.717) is 5.69 Å². The maximum absolute atomic E-state index is 12.9. The first-order chi connectivity index (χ1) is 8.04. The van der Waals surface area contributed by atoms with E-state index in [-0.39, 0.29) is 11.6 Å². The van der Waals surface area contributed by atoms with Crippen molar-refractivity contribution >= 4 is 5.69 Å². The first kappa shape index (κ1) is 11.3. The minimum absolute atomic E-state index is 0.0548. The largest absolute Gasteiger partial charge is 0.439 e. The van der Waals surface area contributed by atoms with Crippen LogP contribution >= 0.6 is 0 Å². The fourth-order valence-electron chi connectivity index (χ4n) is 1.30. The van der Waals surface area contributed by atoms with Crippen molar-refractivity contribution in [3.63, 3.8) is 0 Å². The summed E-state index contributed by atoms with van der Waals surface area (Å²) in [5.74, 6) is -1.11. The number of nitrogens with two attached hydrogens (primary N) is 1. The van der Waals surface area contributed by atoms with Crippen molar-refractivity contribution in [3.05, 3.63) is 47.7 Å². The Hall–Kier alpha value is -2.17. The molecule has 0 saturated carbocycles. The normalized spacial score (nSPS) is 10.3. The number of ether oxygens (including phenoxy) is 1. The van der Waals surface area contributed by atoms with Crippen LogP contribution in [0, 0.1) is 18.6 Å². The molecule has 0 aliphatic heterocycles. The number of aromatic nitrogens is 1. The van der Waals surface area contributed by atoms with E-state index < -0.39 is 11.6 Å². The Kier molecular flexibility index (Phi) is 2.91. The number of benzene rings is 1. The Morgan fingerprint density at radius 2 is 1.76 bits per heavy atom. The summed E-state index contributed by atoms with van der Waals surface area (Å²) in [7, 11) is 0. The van der Waals surface area contributed by atoms with Crippen molar-refractivity contribution in [2.75, 3.05) is 5.73 Å². The maximum Gasteiger partial charge on any atom is 0.219 e. The Labute approximate surface area is 96.9 Å². The third kappa shape index (κ3) is 2.69. The van der Waals surface area contributed by atoms with Crippen LogP contribution in [-0.2, 0) is 0 Å². The third-order valence-electron chi connectivity index (χ3n) is 2.18. The minimum Gasteiger partial charge on any atom is -0.439 e. The Morgan fingerprint density at radius 1 is 1.12 bits per heavy atom. The lowest BCUT2D eigenvalue weighted by atomic mass is 10.2. The number of aryl methyl sites for hydroxylation is 1. The lowest BCUT2D eigenvalue weighted by molar-refractivity contribution is 0.451. The lowest BCUT2D eigenvalue weighted by Crippen LogP contribution is -1.94. The van der Waals surface area contributed by atoms with E-state index in [2.05, 4.69) is 4.98 Å². The van der Waals surface area contributed by atoms with Crippen LogP contribution in [-0.4, -0.2) is 4.98 Å². The van der Waals surface area contributed by atoms with Gasteiger partial charge in [-0.3, -0.25) is 0 Å². The molecule has 0 bridgehead atoms. The van der Waals surface area contributed by atoms with Crippen molar-refractivity contribution in [3.8, 4) is 11.6 Å². The highest BCUT2D eigenvalue weighted by Gasteiger charge is 2.05. The van der Waals surface area contributed by atoms with E-state index in [9.17, 15) is 8.78 Å². The van der Waals surface area contributed by atoms with Crippen molar-refractivity contribution in [1.82, 2.24) is 4.98 Å². The number of nitrogens with zero attached hydrogens (tertiary/aromatic N) is 1. The molecular formula is C12H10F2N2O. The second-order valence-electron chi connectivity index (χ2n) is 3.59. The van der Waals surface area contributed by atoms with Crippen molar-refractivity contribution in [2.24, 2.45) is 0 Å². The molecule has 0 saturated heterocycles. The molecule has 0 atom stereocenters. The van der Waals surface area contributed by atoms with Gasteiger partial charge in [-0.1, -0.05) is 0 Å². The molecule has 0 fully saturated rings. The van der Waals surface area contributed by atoms with E-state index >= 15 is 0 Å². The molecule has 0 aliphatic rings. The van der Waals surface area contributed by atoms with Crippen molar-refractivity contribution in [2.45, 2.75) is 6.92 Å². The Morgan fingerprint density at radius 3 is 2.35 bits per heavy atom. The molecule has 0 radical (unpaired) electrons. The standard InChI is InChI=1S/C12H10F2N2O/c1-7-2-12(16-6-11(7)15)17-10-4-8(13)3-9(14)5-10/h2-6H,15H2,1H3. The van der Waals surface area contributed by atoms with Crippen LogP contribution in [0.3, 0.4) is 0 Å². The predicted molar refractivity (Wildman–Crippen MR) is 59.8 cm³/mol. The summed E-state index contributed by atoms with van der Waals surface area (Å²) < 4.78 is 31.1. The zero-order chi connectivity index (χ0) is 12.4. The molecule has 1 aromatic heterocycles. The predicted octanol–water partition coefficient (Wildman–Crippen LogP) is 3.04. The Balaban J connectivity index is 2.28. The molecule has 0 spiro atoms. The molecule has 0 amide bonds. The number of halogens is 2. The SMILES string of the molecule is Cc1cc(Oc2cc(F)cc(F)c2)ncc1N. The van der Waals surface area contributed by atoms with Gasteiger partial charge in [0.1, 0.15) is 17.4 Å². The highest BCUT2D eigenvalue weighted by molar-refractivity contribution is 5.46. The molecule has 2 N–H and O–H groups in total. The molecule has 17 heavy (non-hydrogen) atoms. The maximum atomic E-state index is 12.9. The quantitative estimate of drug-likeness (QED) is 0.871. The highest BCUT2D eigenvalue weighted by Crippen LogP contribution is 2.23. The third-order valence-corrected chi connectivity index (χ3v) is 2.18. The average molecular weight is 236 g/mol. The van der Waals surface area contributed by atoms with Gasteiger partial charge in [0, 0.05) is 24.3 Å². The smallest absolute Gasteiger partial charge is 0.219 e. The van der Waals surface area contributed by atoms with Crippen molar-refractivity contribution in [1.29, 1.82) is 0 Å². The van der Waals surface area contributed by atoms with Crippen LogP contribution in [0.2, 0.25) is 0 Å². The second kappa shape index (κ2) is 4.37. The zero-order valence-electron chi connectivity index (χ0n) is 9.08. The van der Waals surface area contributed by atoms with Crippen LogP contribution in [0.4, 0.5) is 14.5 Å². The summed E-state index contributed by atoms with van der Waals surface area (Å²) in [6.07, 6.45) is 1.43. The molecule has 0 unspecified atom stereocenters. The highest BCUT2D eigenvalue weighted by atomic mass is 19.1. The second-order valence-corrected chi connectivity index (χ2v) is 3.59. The summed E-state index contributed by atoms with van der Waals surface area (Å²) >= 11 is 0. The van der Waals surface area contributed by atoms with E-state index in [1.165, 1.54) is 6.20 Å². The van der Waals surface area contributed by atoms with Crippen LogP contribution in [0.25, 0.3) is 0 Å². The summed E-state index contributed by atoms with van der Waals surface area (Å²) in [6, 6.07) is 4.53. The van der Waals surface area contributed by atoms with Gasteiger partial charge in [0.15, 0.2) is 0 Å². The van der Waals surface area contributed by atoms with Crippen molar-refractivity contribution < 1.29 is 13.5 Å². The van der Waals surface area contributed by atoms with Crippen LogP contribution < -0.4 is 10.5 Å². The van der Waals surface area contributed by atoms with E-state index in [1.54, 1.807) is 13.0 Å². The number of hydrogen-bond donors (Lipinski definition) is 1. The first-order valence-corrected chi connectivity index (χ1v) is 4.90. The fraction of sp³-hybridized carbons (Fsp3) is 0.0833. The summed E-state index contributed by atoms with van der Waals surface area (Å²) in [4.78, 5) is 3.90. The fourth-order valence-corrected chi connectivity index (χ4v) is 1.30. The van der Waals surface area contributed by atoms with Gasteiger partial charge < -0.3 is 10.5 Å². The molecular weight excluding hydrogens is 226 g/mol. The van der Waals surface area contributed by atoms with Crippen LogP contribution in [0.15, 0.2) is 30.5 Å². The van der Waals surface area contributed by atoms with E-state index in [1.807, 2.05) is 0 Å². The van der Waals surface area contributed by atoms with Gasteiger partial charge in [-0.15, -0.1) is 0 Å². The van der Waals surface area contributed by atoms with Crippen LogP contribution in [0.5, 0.6) is 11.6 Å². The summed E-state index contributed by atoms with van der Waals surface area (Å²) in [5, 5.41) is 0. The average Bonchev–Trinajstić information content (AvgIpc) is 2.22. The van der Waals surface area contributed by atoms with E-state index in [0.717, 1.165) is 23.8 Å². The molecule has 2 rings (SSSR count). The van der Waals surface area contributed by atoms with Gasteiger partial charge in [0.25, 0.3) is 0 Å². The molecule has 88 valence electrons. The number of nitrogen functional groups attached to an aromatic ring is 1. The monoisotopic (exact) mass is 236 g/mol. The molecule has 5 heteroatoms. The van der Waals surface area contributed by atoms with Gasteiger partial charge in [0.2, 0.25) is 5.88 Å². The van der Waals surface area contributed by atoms with Gasteiger partial charge in [-0.05, 0) is 12.5 Å². The van der Waals surface area contributed by atoms with Gasteiger partial charge in [-0.2, -0.15) is 0 Å². The topological polar surface area (TPSA) is 48.1 Å². The molecule has 3 nitrogen and oxygen atoms in total. The molecule has 1 heterocycles. The summed E-state index contributed by atoms with van der Waals surface area (Å²) in [5.41, 5.74) is 6.91. The van der Waals surface area contributed by atoms with Gasteiger partial charge in [-0.25, -0.2) is 13.8 Å². The molecule has 0 aliphatic carbocycles. The number of hydrogen-bond acceptors (Lipinski definition) is 3. The molecule has 1 aromatic carbocycles. The van der Waals surface area contributed by atoms with Gasteiger partial charge in [0.05, 0.1) is 11.9 Å². The zero-order valence-corrected chi connectivity index (χ0v) is 9.08. The number of rotatable bonds is 2. The first-order valence-electron chi connectivity index (χ1n) is 4.90. The van der Waals surface area contributed by atoms with Gasteiger partial charge >= 0.3 is 0 Å². The molecule has 2 aromatic rings. The minimum atomic E-state index is -0.702. The van der Waals surface area contributed by atoms with E-state index in [4.69, 9.17) is 10.5 Å². The summed E-state index contributed by atoms with van der Waals surface area (Å²) in [6.45, 7) is 1.79.